The first-order chi connectivity index (χ1) is 8.15. The minimum atomic E-state index is 0.744. The number of hydrogen-bond donors (Lipinski definition) is 1. The topological polar surface area (TPSA) is 24.9 Å². The standard InChI is InChI=1S/C13H12BrIN2/c1-9-3-2-4-11(17-9)8-16-13-7-10(14)5-6-12(13)15/h2-7,16H,8H2,1H3. The summed E-state index contributed by atoms with van der Waals surface area (Å²) >= 11 is 5.80. The van der Waals surface area contributed by atoms with Crippen LogP contribution in [0.2, 0.25) is 0 Å². The van der Waals surface area contributed by atoms with Crippen LogP contribution in [0.15, 0.2) is 40.9 Å². The fourth-order valence-electron chi connectivity index (χ4n) is 1.52. The van der Waals surface area contributed by atoms with Crippen LogP contribution < -0.4 is 5.32 Å². The van der Waals surface area contributed by atoms with Crippen LogP contribution in [0.4, 0.5) is 5.69 Å². The molecule has 88 valence electrons. The second-order valence-corrected chi connectivity index (χ2v) is 5.83. The van der Waals surface area contributed by atoms with Gasteiger partial charge in [0.1, 0.15) is 0 Å². The summed E-state index contributed by atoms with van der Waals surface area (Å²) in [7, 11) is 0. The molecule has 2 nitrogen and oxygen atoms in total. The first-order valence-corrected chi connectivity index (χ1v) is 7.14. The maximum atomic E-state index is 4.46. The molecule has 1 N–H and O–H groups in total. The molecule has 1 aromatic carbocycles. The fraction of sp³-hybridized carbons (Fsp3) is 0.154. The Balaban J connectivity index is 2.09. The van der Waals surface area contributed by atoms with Crippen molar-refractivity contribution in [2.24, 2.45) is 0 Å². The molecule has 0 fully saturated rings. The minimum absolute atomic E-state index is 0.744. The third-order valence-electron chi connectivity index (χ3n) is 2.33. The summed E-state index contributed by atoms with van der Waals surface area (Å²) in [6.07, 6.45) is 0. The van der Waals surface area contributed by atoms with Crippen LogP contribution in [-0.4, -0.2) is 4.98 Å². The van der Waals surface area contributed by atoms with E-state index in [1.807, 2.05) is 31.2 Å². The summed E-state index contributed by atoms with van der Waals surface area (Å²) in [5.41, 5.74) is 3.23. The van der Waals surface area contributed by atoms with E-state index >= 15 is 0 Å². The number of nitrogens with one attached hydrogen (secondary N) is 1. The van der Waals surface area contributed by atoms with Crippen molar-refractivity contribution < 1.29 is 0 Å². The summed E-state index contributed by atoms with van der Waals surface area (Å²) in [5, 5.41) is 3.40. The summed E-state index contributed by atoms with van der Waals surface area (Å²) in [5.74, 6) is 0. The molecule has 4 heteroatoms. The maximum absolute atomic E-state index is 4.46. The van der Waals surface area contributed by atoms with Gasteiger partial charge in [-0.2, -0.15) is 0 Å². The quantitative estimate of drug-likeness (QED) is 0.771. The number of pyridine rings is 1. The van der Waals surface area contributed by atoms with Gasteiger partial charge in [0.25, 0.3) is 0 Å². The van der Waals surface area contributed by atoms with Gasteiger partial charge in [0.15, 0.2) is 0 Å². The van der Waals surface area contributed by atoms with E-state index in [0.717, 1.165) is 28.1 Å². The van der Waals surface area contributed by atoms with Crippen molar-refractivity contribution in [3.8, 4) is 0 Å². The Morgan fingerprint density at radius 1 is 1.29 bits per heavy atom. The number of aromatic nitrogens is 1. The lowest BCUT2D eigenvalue weighted by Gasteiger charge is -2.09. The van der Waals surface area contributed by atoms with Gasteiger partial charge in [-0.15, -0.1) is 0 Å². The van der Waals surface area contributed by atoms with E-state index in [9.17, 15) is 0 Å². The molecule has 0 bridgehead atoms. The van der Waals surface area contributed by atoms with Gasteiger partial charge in [-0.1, -0.05) is 22.0 Å². The van der Waals surface area contributed by atoms with Crippen LogP contribution in [0.25, 0.3) is 0 Å². The lowest BCUT2D eigenvalue weighted by Crippen LogP contribution is -2.03. The molecule has 0 amide bonds. The highest BCUT2D eigenvalue weighted by Gasteiger charge is 2.01. The van der Waals surface area contributed by atoms with Gasteiger partial charge in [0.2, 0.25) is 0 Å². The zero-order chi connectivity index (χ0) is 12.3. The molecule has 0 saturated carbocycles. The van der Waals surface area contributed by atoms with Crippen LogP contribution in [0.3, 0.4) is 0 Å². The zero-order valence-electron chi connectivity index (χ0n) is 9.37. The normalized spacial score (nSPS) is 10.3. The van der Waals surface area contributed by atoms with Crippen LogP contribution in [0.5, 0.6) is 0 Å². The predicted molar refractivity (Wildman–Crippen MR) is 83.2 cm³/mol. The molecule has 1 heterocycles. The number of rotatable bonds is 3. The van der Waals surface area contributed by atoms with E-state index in [2.05, 4.69) is 61.0 Å². The number of aryl methyl sites for hydroxylation is 1. The average molecular weight is 403 g/mol. The van der Waals surface area contributed by atoms with E-state index < -0.39 is 0 Å². The van der Waals surface area contributed by atoms with E-state index in [4.69, 9.17) is 0 Å². The van der Waals surface area contributed by atoms with Gasteiger partial charge in [0, 0.05) is 19.4 Å². The highest BCUT2D eigenvalue weighted by Crippen LogP contribution is 2.23. The Labute approximate surface area is 123 Å². The molecule has 0 unspecified atom stereocenters. The van der Waals surface area contributed by atoms with Crippen molar-refractivity contribution in [1.82, 2.24) is 4.98 Å². The molecular weight excluding hydrogens is 391 g/mol. The van der Waals surface area contributed by atoms with Crippen molar-refractivity contribution in [3.63, 3.8) is 0 Å². The van der Waals surface area contributed by atoms with Crippen molar-refractivity contribution in [3.05, 3.63) is 55.8 Å². The van der Waals surface area contributed by atoms with Gasteiger partial charge < -0.3 is 5.32 Å². The molecule has 0 aliphatic carbocycles. The van der Waals surface area contributed by atoms with Crippen LogP contribution >= 0.6 is 38.5 Å². The van der Waals surface area contributed by atoms with Gasteiger partial charge in [0.05, 0.1) is 12.2 Å². The molecule has 17 heavy (non-hydrogen) atoms. The molecular formula is C13H12BrIN2. The SMILES string of the molecule is Cc1cccc(CNc2cc(Br)ccc2I)n1. The van der Waals surface area contributed by atoms with Crippen molar-refractivity contribution in [2.75, 3.05) is 5.32 Å². The summed E-state index contributed by atoms with van der Waals surface area (Å²) in [6, 6.07) is 12.3. The number of halogens is 2. The lowest BCUT2D eigenvalue weighted by molar-refractivity contribution is 1.01. The van der Waals surface area contributed by atoms with Crippen LogP contribution in [0.1, 0.15) is 11.4 Å². The van der Waals surface area contributed by atoms with Crippen molar-refractivity contribution >= 4 is 44.2 Å². The molecule has 0 saturated heterocycles. The Morgan fingerprint density at radius 3 is 2.88 bits per heavy atom. The third-order valence-corrected chi connectivity index (χ3v) is 3.77. The average Bonchev–Trinajstić information content (AvgIpc) is 2.30. The summed E-state index contributed by atoms with van der Waals surface area (Å²) in [4.78, 5) is 4.46. The lowest BCUT2D eigenvalue weighted by atomic mass is 10.3. The van der Waals surface area contributed by atoms with Crippen LogP contribution in [0, 0.1) is 10.5 Å². The first kappa shape index (κ1) is 12.8. The summed E-state index contributed by atoms with van der Waals surface area (Å²) in [6.45, 7) is 2.75. The number of nitrogens with zero attached hydrogens (tertiary/aromatic N) is 1. The van der Waals surface area contributed by atoms with Crippen molar-refractivity contribution in [1.29, 1.82) is 0 Å². The zero-order valence-corrected chi connectivity index (χ0v) is 13.1. The highest BCUT2D eigenvalue weighted by atomic mass is 127. The third kappa shape index (κ3) is 3.67. The van der Waals surface area contributed by atoms with Crippen LogP contribution in [-0.2, 0) is 6.54 Å². The maximum Gasteiger partial charge on any atom is 0.0597 e. The molecule has 0 atom stereocenters. The fourth-order valence-corrected chi connectivity index (χ4v) is 2.40. The van der Waals surface area contributed by atoms with Gasteiger partial charge >= 0.3 is 0 Å². The molecule has 0 radical (unpaired) electrons. The Hall–Kier alpha value is -0.620. The summed E-state index contributed by atoms with van der Waals surface area (Å²) < 4.78 is 2.29. The van der Waals surface area contributed by atoms with E-state index in [0.29, 0.717) is 0 Å². The van der Waals surface area contributed by atoms with Crippen molar-refractivity contribution in [2.45, 2.75) is 13.5 Å². The first-order valence-electron chi connectivity index (χ1n) is 5.26. The number of benzene rings is 1. The molecule has 0 spiro atoms. The van der Waals surface area contributed by atoms with Gasteiger partial charge in [-0.05, 0) is 59.8 Å². The van der Waals surface area contributed by atoms with E-state index in [-0.39, 0.29) is 0 Å². The Bertz CT molecular complexity index is 529. The number of hydrogen-bond acceptors (Lipinski definition) is 2. The number of anilines is 1. The predicted octanol–water partition coefficient (Wildman–Crippen LogP) is 4.37. The largest absolute Gasteiger partial charge is 0.379 e. The van der Waals surface area contributed by atoms with E-state index in [1.165, 1.54) is 3.57 Å². The minimum Gasteiger partial charge on any atom is -0.379 e. The Morgan fingerprint density at radius 2 is 2.12 bits per heavy atom. The molecule has 0 aliphatic heterocycles. The Kier molecular flexibility index (Phi) is 4.39. The van der Waals surface area contributed by atoms with E-state index in [1.54, 1.807) is 0 Å². The smallest absolute Gasteiger partial charge is 0.0597 e. The molecule has 2 rings (SSSR count). The van der Waals surface area contributed by atoms with Gasteiger partial charge in [-0.3, -0.25) is 4.98 Å². The second-order valence-electron chi connectivity index (χ2n) is 3.75. The molecule has 1 aromatic heterocycles. The van der Waals surface area contributed by atoms with Gasteiger partial charge in [-0.25, -0.2) is 0 Å². The highest BCUT2D eigenvalue weighted by molar-refractivity contribution is 14.1. The monoisotopic (exact) mass is 402 g/mol. The molecule has 2 aromatic rings. The molecule has 0 aliphatic rings. The second kappa shape index (κ2) is 5.82.